The summed E-state index contributed by atoms with van der Waals surface area (Å²) in [4.78, 5) is 11.4. The molecule has 0 aliphatic heterocycles. The van der Waals surface area contributed by atoms with Gasteiger partial charge in [-0.05, 0) is 24.3 Å². The number of halogens is 3. The number of ether oxygens (including phenoxy) is 1. The highest BCUT2D eigenvalue weighted by atomic mass is 19.4. The van der Waals surface area contributed by atoms with Gasteiger partial charge in [-0.2, -0.15) is 13.2 Å². The first-order chi connectivity index (χ1) is 11.9. The van der Waals surface area contributed by atoms with Crippen LogP contribution in [0.1, 0.15) is 15.9 Å². The molecule has 0 saturated carbocycles. The van der Waals surface area contributed by atoms with Gasteiger partial charge in [0.15, 0.2) is 5.76 Å². The summed E-state index contributed by atoms with van der Waals surface area (Å²) in [6, 6.07) is 12.8. The molecule has 0 N–H and O–H groups in total. The van der Waals surface area contributed by atoms with E-state index in [4.69, 9.17) is 4.52 Å². The number of benzene rings is 2. The average molecular weight is 347 g/mol. The number of rotatable bonds is 3. The second-order valence-electron chi connectivity index (χ2n) is 5.22. The van der Waals surface area contributed by atoms with Crippen molar-refractivity contribution >= 4 is 5.97 Å². The number of methoxy groups -OCH3 is 1. The molecule has 7 heteroatoms. The molecule has 0 fully saturated rings. The van der Waals surface area contributed by atoms with Crippen molar-refractivity contribution in [1.82, 2.24) is 5.16 Å². The summed E-state index contributed by atoms with van der Waals surface area (Å²) in [5, 5.41) is 3.92. The van der Waals surface area contributed by atoms with E-state index in [1.54, 1.807) is 30.3 Å². The van der Waals surface area contributed by atoms with Crippen molar-refractivity contribution < 1.29 is 27.2 Å². The van der Waals surface area contributed by atoms with Crippen LogP contribution in [0.15, 0.2) is 59.1 Å². The number of hydrogen-bond donors (Lipinski definition) is 0. The number of carbonyl (C=O) groups is 1. The molecule has 128 valence electrons. The maximum Gasteiger partial charge on any atom is 0.416 e. The Morgan fingerprint density at radius 3 is 2.16 bits per heavy atom. The minimum absolute atomic E-state index is 0.348. The van der Waals surface area contributed by atoms with Crippen molar-refractivity contribution in [2.24, 2.45) is 0 Å². The second-order valence-corrected chi connectivity index (χ2v) is 5.22. The number of carbonyl (C=O) groups excluding carboxylic acids is 1. The Hall–Kier alpha value is -3.09. The van der Waals surface area contributed by atoms with Crippen LogP contribution in [0.2, 0.25) is 0 Å². The molecule has 1 heterocycles. The van der Waals surface area contributed by atoms with E-state index in [-0.39, 0.29) is 0 Å². The first-order valence-electron chi connectivity index (χ1n) is 7.21. The van der Waals surface area contributed by atoms with Crippen LogP contribution in [0.5, 0.6) is 0 Å². The lowest BCUT2D eigenvalue weighted by Crippen LogP contribution is -2.03. The zero-order chi connectivity index (χ0) is 18.0. The number of alkyl halides is 3. The van der Waals surface area contributed by atoms with E-state index in [1.807, 2.05) is 0 Å². The smallest absolute Gasteiger partial charge is 0.416 e. The summed E-state index contributed by atoms with van der Waals surface area (Å²) < 4.78 is 47.6. The van der Waals surface area contributed by atoms with Crippen LogP contribution in [0.25, 0.3) is 22.6 Å². The zero-order valence-electron chi connectivity index (χ0n) is 13.0. The molecular formula is C18H12F3NO3. The van der Waals surface area contributed by atoms with E-state index >= 15 is 0 Å². The van der Waals surface area contributed by atoms with Gasteiger partial charge in [-0.3, -0.25) is 0 Å². The number of esters is 1. The highest BCUT2D eigenvalue weighted by molar-refractivity contribution is 5.89. The van der Waals surface area contributed by atoms with Gasteiger partial charge in [-0.25, -0.2) is 4.79 Å². The summed E-state index contributed by atoms with van der Waals surface area (Å²) >= 11 is 0. The molecule has 2 aromatic carbocycles. The Morgan fingerprint density at radius 1 is 1.00 bits per heavy atom. The largest absolute Gasteiger partial charge is 0.465 e. The predicted molar refractivity (Wildman–Crippen MR) is 83.7 cm³/mol. The Labute approximate surface area is 140 Å². The fraction of sp³-hybridized carbons (Fsp3) is 0.111. The van der Waals surface area contributed by atoms with Gasteiger partial charge >= 0.3 is 12.1 Å². The van der Waals surface area contributed by atoms with Gasteiger partial charge in [0, 0.05) is 17.2 Å². The van der Waals surface area contributed by atoms with E-state index in [0.29, 0.717) is 28.1 Å². The van der Waals surface area contributed by atoms with E-state index in [0.717, 1.165) is 12.1 Å². The van der Waals surface area contributed by atoms with Gasteiger partial charge in [0.05, 0.1) is 18.2 Å². The molecule has 0 aliphatic carbocycles. The lowest BCUT2D eigenvalue weighted by Gasteiger charge is -2.06. The van der Waals surface area contributed by atoms with Gasteiger partial charge in [0.2, 0.25) is 0 Å². The normalized spacial score (nSPS) is 11.4. The molecule has 4 nitrogen and oxygen atoms in total. The average Bonchev–Trinajstić information content (AvgIpc) is 3.10. The van der Waals surface area contributed by atoms with Crippen LogP contribution in [0, 0.1) is 0 Å². The summed E-state index contributed by atoms with van der Waals surface area (Å²) in [5.74, 6) is -0.0992. The first-order valence-corrected chi connectivity index (χ1v) is 7.21. The number of aromatic nitrogens is 1. The Morgan fingerprint density at radius 2 is 1.60 bits per heavy atom. The fourth-order valence-electron chi connectivity index (χ4n) is 2.27. The molecule has 1 aromatic heterocycles. The Bertz CT molecular complexity index is 881. The molecule has 0 unspecified atom stereocenters. The van der Waals surface area contributed by atoms with Gasteiger partial charge in [0.1, 0.15) is 5.69 Å². The molecule has 3 rings (SSSR count). The Balaban J connectivity index is 1.84. The maximum atomic E-state index is 12.6. The minimum atomic E-state index is -4.38. The molecule has 0 bridgehead atoms. The number of hydrogen-bond acceptors (Lipinski definition) is 4. The molecule has 0 aliphatic rings. The second kappa shape index (κ2) is 6.43. The summed E-state index contributed by atoms with van der Waals surface area (Å²) in [5.41, 5.74) is 1.37. The molecule has 0 spiro atoms. The molecule has 3 aromatic rings. The lowest BCUT2D eigenvalue weighted by molar-refractivity contribution is -0.137. The summed E-state index contributed by atoms with van der Waals surface area (Å²) in [6.45, 7) is 0. The van der Waals surface area contributed by atoms with Crippen LogP contribution in [-0.4, -0.2) is 18.2 Å². The monoisotopic (exact) mass is 347 g/mol. The van der Waals surface area contributed by atoms with Crippen LogP contribution in [-0.2, 0) is 10.9 Å². The Kier molecular flexibility index (Phi) is 4.31. The zero-order valence-corrected chi connectivity index (χ0v) is 13.0. The van der Waals surface area contributed by atoms with E-state index < -0.39 is 17.7 Å². The molecular weight excluding hydrogens is 335 g/mol. The van der Waals surface area contributed by atoms with E-state index in [2.05, 4.69) is 9.89 Å². The highest BCUT2D eigenvalue weighted by Crippen LogP contribution is 2.32. The first kappa shape index (κ1) is 16.8. The van der Waals surface area contributed by atoms with Gasteiger partial charge in [-0.15, -0.1) is 0 Å². The van der Waals surface area contributed by atoms with Crippen molar-refractivity contribution in [3.8, 4) is 22.6 Å². The predicted octanol–water partition coefficient (Wildman–Crippen LogP) is 4.81. The standard InChI is InChI=1S/C18H12F3NO3/c1-24-17(23)13-4-2-11(3-5-13)15-10-16(25-22-15)12-6-8-14(9-7-12)18(19,20)21/h2-10H,1H3. The minimum Gasteiger partial charge on any atom is -0.465 e. The molecule has 0 saturated heterocycles. The van der Waals surface area contributed by atoms with Crippen LogP contribution >= 0.6 is 0 Å². The summed E-state index contributed by atoms with van der Waals surface area (Å²) in [7, 11) is 1.30. The molecule has 0 amide bonds. The van der Waals surface area contributed by atoms with E-state index in [9.17, 15) is 18.0 Å². The SMILES string of the molecule is COC(=O)c1ccc(-c2cc(-c3ccc(C(F)(F)F)cc3)on2)cc1. The molecule has 25 heavy (non-hydrogen) atoms. The van der Waals surface area contributed by atoms with Crippen molar-refractivity contribution in [2.75, 3.05) is 7.11 Å². The highest BCUT2D eigenvalue weighted by Gasteiger charge is 2.30. The third kappa shape index (κ3) is 3.55. The number of nitrogens with zero attached hydrogens (tertiary/aromatic N) is 1. The van der Waals surface area contributed by atoms with Crippen LogP contribution in [0.4, 0.5) is 13.2 Å². The van der Waals surface area contributed by atoms with Crippen molar-refractivity contribution in [3.63, 3.8) is 0 Å². The van der Waals surface area contributed by atoms with Crippen molar-refractivity contribution in [3.05, 3.63) is 65.7 Å². The molecule has 0 atom stereocenters. The topological polar surface area (TPSA) is 52.3 Å². The third-order valence-electron chi connectivity index (χ3n) is 3.61. The van der Waals surface area contributed by atoms with Crippen LogP contribution < -0.4 is 0 Å². The molecule has 0 radical (unpaired) electrons. The van der Waals surface area contributed by atoms with E-state index in [1.165, 1.54) is 19.2 Å². The van der Waals surface area contributed by atoms with Crippen LogP contribution in [0.3, 0.4) is 0 Å². The van der Waals surface area contributed by atoms with Crippen molar-refractivity contribution in [1.29, 1.82) is 0 Å². The van der Waals surface area contributed by atoms with Gasteiger partial charge in [-0.1, -0.05) is 29.4 Å². The lowest BCUT2D eigenvalue weighted by atomic mass is 10.1. The maximum absolute atomic E-state index is 12.6. The van der Waals surface area contributed by atoms with Gasteiger partial charge in [0.25, 0.3) is 0 Å². The summed E-state index contributed by atoms with van der Waals surface area (Å²) in [6.07, 6.45) is -4.38. The third-order valence-corrected chi connectivity index (χ3v) is 3.61. The van der Waals surface area contributed by atoms with Crippen molar-refractivity contribution in [2.45, 2.75) is 6.18 Å². The quantitative estimate of drug-likeness (QED) is 0.638. The fourth-order valence-corrected chi connectivity index (χ4v) is 2.27. The van der Waals surface area contributed by atoms with Gasteiger partial charge < -0.3 is 9.26 Å².